The molecule has 2 aromatic carbocycles. The van der Waals surface area contributed by atoms with E-state index in [1.54, 1.807) is 0 Å². The Kier molecular flexibility index (Phi) is 2.69. The number of nitrogens with two attached hydrogens (primary N) is 1. The summed E-state index contributed by atoms with van der Waals surface area (Å²) in [6.45, 7) is 6.36. The third-order valence-electron chi connectivity index (χ3n) is 2.78. The van der Waals surface area contributed by atoms with Crippen molar-refractivity contribution in [3.63, 3.8) is 0 Å². The zero-order chi connectivity index (χ0) is 11.7. The van der Waals surface area contributed by atoms with E-state index in [1.807, 2.05) is 12.1 Å². The van der Waals surface area contributed by atoms with Gasteiger partial charge in [0, 0.05) is 5.69 Å². The molecule has 0 unspecified atom stereocenters. The van der Waals surface area contributed by atoms with E-state index >= 15 is 0 Å². The number of hydrogen-bond acceptors (Lipinski definition) is 1. The second-order valence-corrected chi connectivity index (χ2v) is 4.45. The van der Waals surface area contributed by atoms with E-state index in [4.69, 9.17) is 5.73 Å². The van der Waals surface area contributed by atoms with Crippen molar-refractivity contribution in [2.45, 2.75) is 20.8 Å². The summed E-state index contributed by atoms with van der Waals surface area (Å²) in [6, 6.07) is 12.7. The SMILES string of the molecule is Cc1cc(C)cc(-c2ccc(N)cc2C)c1. The molecule has 0 bridgehead atoms. The van der Waals surface area contributed by atoms with Gasteiger partial charge in [0.2, 0.25) is 0 Å². The summed E-state index contributed by atoms with van der Waals surface area (Å²) in [7, 11) is 0. The van der Waals surface area contributed by atoms with Crippen LogP contribution in [0.15, 0.2) is 36.4 Å². The first-order valence-electron chi connectivity index (χ1n) is 5.51. The smallest absolute Gasteiger partial charge is 0.0317 e. The molecule has 0 saturated heterocycles. The predicted molar refractivity (Wildman–Crippen MR) is 70.5 cm³/mol. The number of rotatable bonds is 1. The molecule has 2 aromatic rings. The minimum absolute atomic E-state index is 0.825. The van der Waals surface area contributed by atoms with Crippen LogP contribution in [0, 0.1) is 20.8 Å². The second-order valence-electron chi connectivity index (χ2n) is 4.45. The molecule has 0 radical (unpaired) electrons. The highest BCUT2D eigenvalue weighted by molar-refractivity contribution is 5.70. The Morgan fingerprint density at radius 3 is 2.00 bits per heavy atom. The predicted octanol–water partition coefficient (Wildman–Crippen LogP) is 3.86. The summed E-state index contributed by atoms with van der Waals surface area (Å²) in [5, 5.41) is 0. The highest BCUT2D eigenvalue weighted by Crippen LogP contribution is 2.26. The van der Waals surface area contributed by atoms with Gasteiger partial charge in [0.05, 0.1) is 0 Å². The molecule has 0 aliphatic carbocycles. The van der Waals surface area contributed by atoms with Gasteiger partial charge >= 0.3 is 0 Å². The quantitative estimate of drug-likeness (QED) is 0.712. The molecule has 0 fully saturated rings. The number of benzene rings is 2. The summed E-state index contributed by atoms with van der Waals surface area (Å²) in [4.78, 5) is 0. The minimum atomic E-state index is 0.825. The lowest BCUT2D eigenvalue weighted by atomic mass is 9.97. The Bertz CT molecular complexity index is 507. The second kappa shape index (κ2) is 4.01. The van der Waals surface area contributed by atoms with Crippen molar-refractivity contribution in [1.82, 2.24) is 0 Å². The maximum Gasteiger partial charge on any atom is 0.0317 e. The van der Waals surface area contributed by atoms with Gasteiger partial charge in [-0.1, -0.05) is 35.4 Å². The van der Waals surface area contributed by atoms with E-state index < -0.39 is 0 Å². The van der Waals surface area contributed by atoms with Crippen LogP contribution in [0.25, 0.3) is 11.1 Å². The monoisotopic (exact) mass is 211 g/mol. The van der Waals surface area contributed by atoms with Crippen LogP contribution in [0.4, 0.5) is 5.69 Å². The average molecular weight is 211 g/mol. The molecule has 16 heavy (non-hydrogen) atoms. The fraction of sp³-hybridized carbons (Fsp3) is 0.200. The molecule has 2 rings (SSSR count). The molecule has 0 amide bonds. The Labute approximate surface area is 96.9 Å². The summed E-state index contributed by atoms with van der Waals surface area (Å²) < 4.78 is 0. The summed E-state index contributed by atoms with van der Waals surface area (Å²) in [6.07, 6.45) is 0. The van der Waals surface area contributed by atoms with Crippen LogP contribution >= 0.6 is 0 Å². The average Bonchev–Trinajstić information content (AvgIpc) is 2.15. The maximum absolute atomic E-state index is 5.77. The van der Waals surface area contributed by atoms with Crippen LogP contribution in [-0.2, 0) is 0 Å². The van der Waals surface area contributed by atoms with Gasteiger partial charge in [0.25, 0.3) is 0 Å². The fourth-order valence-electron chi connectivity index (χ4n) is 2.14. The lowest BCUT2D eigenvalue weighted by Gasteiger charge is -2.09. The molecule has 0 aromatic heterocycles. The molecule has 82 valence electrons. The summed E-state index contributed by atoms with van der Waals surface area (Å²) in [5.74, 6) is 0. The molecule has 0 spiro atoms. The Hall–Kier alpha value is -1.76. The van der Waals surface area contributed by atoms with Crippen LogP contribution in [0.3, 0.4) is 0 Å². The van der Waals surface area contributed by atoms with Gasteiger partial charge in [-0.25, -0.2) is 0 Å². The van der Waals surface area contributed by atoms with E-state index in [1.165, 1.54) is 27.8 Å². The highest BCUT2D eigenvalue weighted by Gasteiger charge is 2.03. The molecule has 0 atom stereocenters. The normalized spacial score (nSPS) is 10.4. The first-order chi connectivity index (χ1) is 7.56. The molecule has 1 nitrogen and oxygen atoms in total. The molecule has 0 aliphatic heterocycles. The minimum Gasteiger partial charge on any atom is -0.399 e. The van der Waals surface area contributed by atoms with E-state index in [2.05, 4.69) is 45.0 Å². The number of hydrogen-bond donors (Lipinski definition) is 1. The van der Waals surface area contributed by atoms with Gasteiger partial charge in [-0.3, -0.25) is 0 Å². The molecule has 2 N–H and O–H groups in total. The largest absolute Gasteiger partial charge is 0.399 e. The van der Waals surface area contributed by atoms with Crippen LogP contribution in [0.5, 0.6) is 0 Å². The molecular weight excluding hydrogens is 194 g/mol. The van der Waals surface area contributed by atoms with Gasteiger partial charge in [0.15, 0.2) is 0 Å². The van der Waals surface area contributed by atoms with Crippen molar-refractivity contribution < 1.29 is 0 Å². The van der Waals surface area contributed by atoms with Crippen molar-refractivity contribution in [3.8, 4) is 11.1 Å². The molecule has 0 saturated carbocycles. The Morgan fingerprint density at radius 1 is 0.812 bits per heavy atom. The third kappa shape index (κ3) is 2.08. The van der Waals surface area contributed by atoms with Gasteiger partial charge in [-0.15, -0.1) is 0 Å². The van der Waals surface area contributed by atoms with E-state index in [0.717, 1.165) is 5.69 Å². The zero-order valence-corrected chi connectivity index (χ0v) is 10.0. The van der Waals surface area contributed by atoms with E-state index in [0.29, 0.717) is 0 Å². The Morgan fingerprint density at radius 2 is 1.44 bits per heavy atom. The molecular formula is C15H17N. The van der Waals surface area contributed by atoms with Crippen LogP contribution in [0.1, 0.15) is 16.7 Å². The number of nitrogen functional groups attached to an aromatic ring is 1. The van der Waals surface area contributed by atoms with Gasteiger partial charge in [0.1, 0.15) is 0 Å². The summed E-state index contributed by atoms with van der Waals surface area (Å²) in [5.41, 5.74) is 12.9. The fourth-order valence-corrected chi connectivity index (χ4v) is 2.14. The number of anilines is 1. The lowest BCUT2D eigenvalue weighted by molar-refractivity contribution is 1.37. The topological polar surface area (TPSA) is 26.0 Å². The maximum atomic E-state index is 5.77. The third-order valence-corrected chi connectivity index (χ3v) is 2.78. The van der Waals surface area contributed by atoms with Gasteiger partial charge in [-0.2, -0.15) is 0 Å². The Balaban J connectivity index is 2.58. The van der Waals surface area contributed by atoms with Crippen LogP contribution in [0.2, 0.25) is 0 Å². The van der Waals surface area contributed by atoms with Crippen LogP contribution < -0.4 is 5.73 Å². The summed E-state index contributed by atoms with van der Waals surface area (Å²) >= 11 is 0. The zero-order valence-electron chi connectivity index (χ0n) is 10.0. The van der Waals surface area contributed by atoms with Crippen molar-refractivity contribution >= 4 is 5.69 Å². The molecule has 0 aliphatic rings. The standard InChI is InChI=1S/C15H17N/c1-10-6-11(2)8-13(7-10)15-5-4-14(16)9-12(15)3/h4-9H,16H2,1-3H3. The van der Waals surface area contributed by atoms with Crippen molar-refractivity contribution in [2.24, 2.45) is 0 Å². The van der Waals surface area contributed by atoms with E-state index in [9.17, 15) is 0 Å². The van der Waals surface area contributed by atoms with Crippen molar-refractivity contribution in [2.75, 3.05) is 5.73 Å². The van der Waals surface area contributed by atoms with Crippen molar-refractivity contribution in [1.29, 1.82) is 0 Å². The highest BCUT2D eigenvalue weighted by atomic mass is 14.5. The van der Waals surface area contributed by atoms with Gasteiger partial charge < -0.3 is 5.73 Å². The van der Waals surface area contributed by atoms with E-state index in [-0.39, 0.29) is 0 Å². The number of aryl methyl sites for hydroxylation is 3. The first-order valence-corrected chi connectivity index (χ1v) is 5.51. The first kappa shape index (κ1) is 10.7. The van der Waals surface area contributed by atoms with Gasteiger partial charge in [-0.05, 0) is 49.6 Å². The molecule has 0 heterocycles. The molecule has 1 heteroatoms. The van der Waals surface area contributed by atoms with Crippen molar-refractivity contribution in [3.05, 3.63) is 53.1 Å². The lowest BCUT2D eigenvalue weighted by Crippen LogP contribution is -1.89. The van der Waals surface area contributed by atoms with Crippen LogP contribution in [-0.4, -0.2) is 0 Å².